The predicted octanol–water partition coefficient (Wildman–Crippen LogP) is 4.65. The van der Waals surface area contributed by atoms with Crippen LogP contribution in [0.2, 0.25) is 0 Å². The number of hydrogen-bond acceptors (Lipinski definition) is 5. The predicted molar refractivity (Wildman–Crippen MR) is 129 cm³/mol. The molecule has 3 heterocycles. The summed E-state index contributed by atoms with van der Waals surface area (Å²) in [5.41, 5.74) is 3.29. The van der Waals surface area contributed by atoms with Crippen molar-refractivity contribution in [1.82, 2.24) is 24.5 Å². The van der Waals surface area contributed by atoms with Gasteiger partial charge in [-0.05, 0) is 40.6 Å². The van der Waals surface area contributed by atoms with Gasteiger partial charge in [-0.15, -0.1) is 21.5 Å². The third-order valence-electron chi connectivity index (χ3n) is 5.92. The zero-order valence-electron chi connectivity index (χ0n) is 18.3. The van der Waals surface area contributed by atoms with Gasteiger partial charge in [0, 0.05) is 11.9 Å². The molecule has 6 nitrogen and oxygen atoms in total. The largest absolute Gasteiger partial charge is 0.298 e. The Morgan fingerprint density at radius 2 is 1.72 bits per heavy atom. The van der Waals surface area contributed by atoms with Crippen molar-refractivity contribution in [3.05, 3.63) is 98.2 Å². The van der Waals surface area contributed by atoms with Crippen LogP contribution in [0.15, 0.2) is 70.8 Å². The first-order valence-electron chi connectivity index (χ1n) is 10.7. The summed E-state index contributed by atoms with van der Waals surface area (Å²) in [7, 11) is 1.74. The molecule has 2 aromatic carbocycles. The molecule has 32 heavy (non-hydrogen) atoms. The molecule has 1 N–H and O–H groups in total. The van der Waals surface area contributed by atoms with Crippen molar-refractivity contribution in [2.24, 2.45) is 7.05 Å². The Kier molecular flexibility index (Phi) is 5.36. The standard InChI is InChI=1S/C25H25N5OS/c1-16(2)17-10-12-18(13-11-17)23(21-9-6-14-32-21)26-15-22-27-28-25-29(3)24(31)19-7-4-5-8-20(19)30(22)25/h4-14,16,23,26H,15H2,1-3H3. The van der Waals surface area contributed by atoms with Gasteiger partial charge in [0.1, 0.15) is 0 Å². The van der Waals surface area contributed by atoms with Crippen LogP contribution in [-0.2, 0) is 13.6 Å². The number of nitrogens with zero attached hydrogens (tertiary/aromatic N) is 4. The smallest absolute Gasteiger partial charge is 0.262 e. The monoisotopic (exact) mass is 443 g/mol. The quantitative estimate of drug-likeness (QED) is 0.415. The second kappa shape index (κ2) is 8.33. The summed E-state index contributed by atoms with van der Waals surface area (Å²) in [4.78, 5) is 13.9. The second-order valence-corrected chi connectivity index (χ2v) is 9.26. The third-order valence-corrected chi connectivity index (χ3v) is 6.86. The van der Waals surface area contributed by atoms with Gasteiger partial charge in [-0.25, -0.2) is 0 Å². The molecule has 1 unspecified atom stereocenters. The van der Waals surface area contributed by atoms with Crippen molar-refractivity contribution < 1.29 is 0 Å². The summed E-state index contributed by atoms with van der Waals surface area (Å²) in [6.07, 6.45) is 0. The van der Waals surface area contributed by atoms with Crippen molar-refractivity contribution in [3.8, 4) is 0 Å². The molecule has 0 saturated heterocycles. The lowest BCUT2D eigenvalue weighted by molar-refractivity contribution is 0.591. The van der Waals surface area contributed by atoms with Gasteiger partial charge in [0.25, 0.3) is 5.56 Å². The highest BCUT2D eigenvalue weighted by molar-refractivity contribution is 7.10. The molecule has 0 saturated carbocycles. The molecule has 5 rings (SSSR count). The van der Waals surface area contributed by atoms with E-state index in [9.17, 15) is 4.79 Å². The number of aryl methyl sites for hydroxylation is 1. The Balaban J connectivity index is 1.53. The van der Waals surface area contributed by atoms with E-state index in [-0.39, 0.29) is 11.6 Å². The van der Waals surface area contributed by atoms with E-state index < -0.39 is 0 Å². The maximum Gasteiger partial charge on any atom is 0.262 e. The van der Waals surface area contributed by atoms with Crippen LogP contribution in [0, 0.1) is 0 Å². The number of hydrogen-bond donors (Lipinski definition) is 1. The summed E-state index contributed by atoms with van der Waals surface area (Å²) < 4.78 is 3.53. The van der Waals surface area contributed by atoms with Gasteiger partial charge in [-0.3, -0.25) is 19.1 Å². The molecule has 0 radical (unpaired) electrons. The van der Waals surface area contributed by atoms with Crippen LogP contribution in [0.3, 0.4) is 0 Å². The summed E-state index contributed by atoms with van der Waals surface area (Å²) in [6, 6.07) is 20.7. The number of para-hydroxylation sites is 1. The maximum absolute atomic E-state index is 12.7. The van der Waals surface area contributed by atoms with Crippen LogP contribution in [0.25, 0.3) is 16.7 Å². The summed E-state index contributed by atoms with van der Waals surface area (Å²) in [6.45, 7) is 4.92. The Bertz CT molecular complexity index is 1430. The SMILES string of the molecule is CC(C)c1ccc(C(NCc2nnc3n(C)c(=O)c4ccccc4n23)c2cccs2)cc1. The lowest BCUT2D eigenvalue weighted by Gasteiger charge is -2.19. The van der Waals surface area contributed by atoms with E-state index >= 15 is 0 Å². The van der Waals surface area contributed by atoms with Gasteiger partial charge in [-0.2, -0.15) is 0 Å². The van der Waals surface area contributed by atoms with Crippen LogP contribution < -0.4 is 10.9 Å². The molecule has 1 atom stereocenters. The molecule has 0 aliphatic carbocycles. The molecular weight excluding hydrogens is 418 g/mol. The van der Waals surface area contributed by atoms with E-state index in [0.717, 1.165) is 11.3 Å². The molecule has 0 bridgehead atoms. The van der Waals surface area contributed by atoms with E-state index in [1.54, 1.807) is 23.0 Å². The minimum atomic E-state index is -0.0679. The fourth-order valence-electron chi connectivity index (χ4n) is 4.11. The van der Waals surface area contributed by atoms with E-state index in [2.05, 4.69) is 71.1 Å². The number of nitrogens with one attached hydrogen (secondary N) is 1. The Morgan fingerprint density at radius 3 is 2.44 bits per heavy atom. The van der Waals surface area contributed by atoms with Gasteiger partial charge in [-0.1, -0.05) is 56.3 Å². The maximum atomic E-state index is 12.7. The van der Waals surface area contributed by atoms with Gasteiger partial charge in [0.2, 0.25) is 5.78 Å². The Morgan fingerprint density at radius 1 is 0.969 bits per heavy atom. The van der Waals surface area contributed by atoms with E-state index in [4.69, 9.17) is 0 Å². The number of thiophene rings is 1. The summed E-state index contributed by atoms with van der Waals surface area (Å²) >= 11 is 1.73. The molecular formula is C25H25N5OS. The molecule has 0 fully saturated rings. The molecule has 0 amide bonds. The fraction of sp³-hybridized carbons (Fsp3) is 0.240. The number of rotatable bonds is 6. The zero-order chi connectivity index (χ0) is 22.2. The van der Waals surface area contributed by atoms with Crippen molar-refractivity contribution in [3.63, 3.8) is 0 Å². The van der Waals surface area contributed by atoms with Crippen molar-refractivity contribution in [2.45, 2.75) is 32.4 Å². The van der Waals surface area contributed by atoms with Gasteiger partial charge in [0.15, 0.2) is 5.82 Å². The molecule has 5 aromatic rings. The van der Waals surface area contributed by atoms with E-state index in [1.165, 1.54) is 16.0 Å². The van der Waals surface area contributed by atoms with Crippen LogP contribution in [0.1, 0.15) is 47.6 Å². The van der Waals surface area contributed by atoms with Crippen molar-refractivity contribution in [1.29, 1.82) is 0 Å². The van der Waals surface area contributed by atoms with Crippen LogP contribution in [0.5, 0.6) is 0 Å². The Labute approximate surface area is 190 Å². The van der Waals surface area contributed by atoms with Gasteiger partial charge < -0.3 is 0 Å². The van der Waals surface area contributed by atoms with Gasteiger partial charge in [0.05, 0.1) is 23.5 Å². The minimum absolute atomic E-state index is 0.0439. The first-order valence-corrected chi connectivity index (χ1v) is 11.6. The topological polar surface area (TPSA) is 64.2 Å². The van der Waals surface area contributed by atoms with Crippen molar-refractivity contribution in [2.75, 3.05) is 0 Å². The number of aromatic nitrogens is 4. The van der Waals surface area contributed by atoms with Gasteiger partial charge >= 0.3 is 0 Å². The fourth-order valence-corrected chi connectivity index (χ4v) is 4.94. The minimum Gasteiger partial charge on any atom is -0.298 e. The molecule has 7 heteroatoms. The van der Waals surface area contributed by atoms with E-state index in [1.807, 2.05) is 28.7 Å². The Hall–Kier alpha value is -3.29. The molecule has 0 aliphatic rings. The van der Waals surface area contributed by atoms with Crippen LogP contribution >= 0.6 is 11.3 Å². The average molecular weight is 444 g/mol. The first-order chi connectivity index (χ1) is 15.5. The normalized spacial score (nSPS) is 12.8. The number of fused-ring (bicyclic) bond motifs is 3. The first kappa shape index (κ1) is 20.6. The van der Waals surface area contributed by atoms with Crippen LogP contribution in [-0.4, -0.2) is 19.2 Å². The zero-order valence-corrected chi connectivity index (χ0v) is 19.1. The highest BCUT2D eigenvalue weighted by Crippen LogP contribution is 2.28. The molecule has 162 valence electrons. The molecule has 0 spiro atoms. The summed E-state index contributed by atoms with van der Waals surface area (Å²) in [5, 5.41) is 15.2. The highest BCUT2D eigenvalue weighted by atomic mass is 32.1. The van der Waals surface area contributed by atoms with E-state index in [0.29, 0.717) is 23.6 Å². The average Bonchev–Trinajstić information content (AvgIpc) is 3.49. The third kappa shape index (κ3) is 3.53. The number of benzene rings is 2. The lowest BCUT2D eigenvalue weighted by atomic mass is 9.98. The second-order valence-electron chi connectivity index (χ2n) is 8.28. The van der Waals surface area contributed by atoms with Crippen LogP contribution in [0.4, 0.5) is 0 Å². The highest BCUT2D eigenvalue weighted by Gasteiger charge is 2.19. The molecule has 3 aromatic heterocycles. The lowest BCUT2D eigenvalue weighted by Crippen LogP contribution is -2.24. The van der Waals surface area contributed by atoms with Crippen molar-refractivity contribution >= 4 is 28.0 Å². The molecule has 0 aliphatic heterocycles. The summed E-state index contributed by atoms with van der Waals surface area (Å²) in [5.74, 6) is 1.81.